The van der Waals surface area contributed by atoms with Crippen LogP contribution in [-0.4, -0.2) is 55.0 Å². The molecule has 40 heavy (non-hydrogen) atoms. The first-order valence-corrected chi connectivity index (χ1v) is 20.0. The minimum Gasteiger partial charge on any atom is -0.414 e. The molecule has 3 atom stereocenters. The van der Waals surface area contributed by atoms with Crippen LogP contribution in [-0.2, 0) is 13.6 Å². The standard InChI is InChI=1S/C31H46N4O3Si2/c1-22-14-12-13-15-23(22)16-17-24-28-29(33-20-32-24)35(21-34-28)27-18-25(38-40(10,11)31(5,6)7)26(37-27)19-36-39(8,9)30(2,3)4/h12-15,20-21,25-27H,18-19H2,1-11H3/t25-,26+,27+/m0/s1. The van der Waals surface area contributed by atoms with E-state index >= 15 is 0 Å². The molecule has 9 heteroatoms. The highest BCUT2D eigenvalue weighted by Gasteiger charge is 2.46. The molecule has 0 unspecified atom stereocenters. The maximum absolute atomic E-state index is 6.95. The average molecular weight is 579 g/mol. The predicted octanol–water partition coefficient (Wildman–Crippen LogP) is 7.23. The zero-order valence-corrected chi connectivity index (χ0v) is 28.1. The Balaban J connectivity index is 1.63. The van der Waals surface area contributed by atoms with E-state index in [1.54, 1.807) is 12.7 Å². The van der Waals surface area contributed by atoms with Crippen molar-refractivity contribution in [3.63, 3.8) is 0 Å². The zero-order valence-electron chi connectivity index (χ0n) is 26.1. The molecule has 0 spiro atoms. The minimum absolute atomic E-state index is 0.0738. The van der Waals surface area contributed by atoms with Gasteiger partial charge in [0.15, 0.2) is 22.3 Å². The molecular formula is C31H46N4O3Si2. The third-order valence-corrected chi connectivity index (χ3v) is 18.0. The van der Waals surface area contributed by atoms with Gasteiger partial charge in [0.1, 0.15) is 29.9 Å². The van der Waals surface area contributed by atoms with Crippen molar-refractivity contribution in [1.29, 1.82) is 0 Å². The Bertz CT molecular complexity index is 1410. The van der Waals surface area contributed by atoms with Crippen molar-refractivity contribution < 1.29 is 13.6 Å². The topological polar surface area (TPSA) is 71.3 Å². The molecule has 1 fully saturated rings. The van der Waals surface area contributed by atoms with Crippen LogP contribution in [0.1, 0.15) is 71.0 Å². The van der Waals surface area contributed by atoms with E-state index < -0.39 is 16.6 Å². The maximum Gasteiger partial charge on any atom is 0.192 e. The first-order valence-electron chi connectivity index (χ1n) is 14.2. The first kappa shape index (κ1) is 30.6. The Hall–Kier alpha value is -2.36. The van der Waals surface area contributed by atoms with Crippen molar-refractivity contribution in [3.05, 3.63) is 53.7 Å². The summed E-state index contributed by atoms with van der Waals surface area (Å²) in [6.07, 6.45) is 3.54. The quantitative estimate of drug-likeness (QED) is 0.227. The van der Waals surface area contributed by atoms with E-state index in [9.17, 15) is 0 Å². The molecule has 1 saturated heterocycles. The smallest absolute Gasteiger partial charge is 0.192 e. The normalized spacial score (nSPS) is 20.5. The number of aryl methyl sites for hydroxylation is 1. The second-order valence-electron chi connectivity index (χ2n) is 14.0. The van der Waals surface area contributed by atoms with Crippen LogP contribution in [0.15, 0.2) is 36.9 Å². The van der Waals surface area contributed by atoms with Crippen LogP contribution in [0.2, 0.25) is 36.3 Å². The number of benzene rings is 1. The summed E-state index contributed by atoms with van der Waals surface area (Å²) < 4.78 is 22.3. The predicted molar refractivity (Wildman–Crippen MR) is 166 cm³/mol. The van der Waals surface area contributed by atoms with Crippen LogP contribution >= 0.6 is 0 Å². The monoisotopic (exact) mass is 578 g/mol. The molecule has 7 nitrogen and oxygen atoms in total. The molecule has 4 rings (SSSR count). The zero-order chi connectivity index (χ0) is 29.5. The van der Waals surface area contributed by atoms with Crippen LogP contribution in [0, 0.1) is 18.8 Å². The fourth-order valence-electron chi connectivity index (χ4n) is 4.20. The second-order valence-corrected chi connectivity index (χ2v) is 23.5. The van der Waals surface area contributed by atoms with Gasteiger partial charge in [0.25, 0.3) is 0 Å². The first-order chi connectivity index (χ1) is 18.5. The molecular weight excluding hydrogens is 533 g/mol. The Morgan fingerprint density at radius 3 is 2.27 bits per heavy atom. The van der Waals surface area contributed by atoms with E-state index in [2.05, 4.69) is 108 Å². The molecule has 0 N–H and O–H groups in total. The van der Waals surface area contributed by atoms with E-state index in [1.807, 2.05) is 22.8 Å². The lowest BCUT2D eigenvalue weighted by atomic mass is 10.1. The summed E-state index contributed by atoms with van der Waals surface area (Å²) in [6, 6.07) is 8.07. The van der Waals surface area contributed by atoms with Crippen LogP contribution in [0.4, 0.5) is 0 Å². The van der Waals surface area contributed by atoms with Crippen molar-refractivity contribution in [2.24, 2.45) is 0 Å². The van der Waals surface area contributed by atoms with Gasteiger partial charge in [-0.3, -0.25) is 4.57 Å². The van der Waals surface area contributed by atoms with Gasteiger partial charge in [0.05, 0.1) is 19.0 Å². The molecule has 3 heterocycles. The number of rotatable bonds is 6. The third-order valence-electron chi connectivity index (χ3n) is 8.98. The van der Waals surface area contributed by atoms with Crippen LogP contribution in [0.5, 0.6) is 0 Å². The molecule has 0 bridgehead atoms. The van der Waals surface area contributed by atoms with Crippen LogP contribution < -0.4 is 0 Å². The van der Waals surface area contributed by atoms with E-state index in [-0.39, 0.29) is 28.5 Å². The van der Waals surface area contributed by atoms with Gasteiger partial charge in [-0.15, -0.1) is 0 Å². The van der Waals surface area contributed by atoms with Gasteiger partial charge >= 0.3 is 0 Å². The maximum atomic E-state index is 6.95. The van der Waals surface area contributed by atoms with Gasteiger partial charge in [0.2, 0.25) is 0 Å². The summed E-state index contributed by atoms with van der Waals surface area (Å²) in [4.78, 5) is 13.7. The summed E-state index contributed by atoms with van der Waals surface area (Å²) in [6.45, 7) is 25.3. The number of aromatic nitrogens is 4. The molecule has 0 amide bonds. The van der Waals surface area contributed by atoms with Crippen molar-refractivity contribution in [1.82, 2.24) is 19.5 Å². The largest absolute Gasteiger partial charge is 0.414 e. The highest BCUT2D eigenvalue weighted by Crippen LogP contribution is 2.42. The molecule has 0 radical (unpaired) electrons. The molecule has 1 aliphatic heterocycles. The fraction of sp³-hybridized carbons (Fsp3) is 0.581. The Kier molecular flexibility index (Phi) is 8.52. The molecule has 0 saturated carbocycles. The lowest BCUT2D eigenvalue weighted by molar-refractivity contribution is -0.0383. The van der Waals surface area contributed by atoms with E-state index in [1.165, 1.54) is 0 Å². The number of ether oxygens (including phenoxy) is 1. The number of hydrogen-bond donors (Lipinski definition) is 0. The molecule has 3 aromatic rings. The fourth-order valence-corrected chi connectivity index (χ4v) is 6.57. The summed E-state index contributed by atoms with van der Waals surface area (Å²) in [7, 11) is -4.00. The van der Waals surface area contributed by atoms with Crippen molar-refractivity contribution in [2.75, 3.05) is 6.61 Å². The van der Waals surface area contributed by atoms with Gasteiger partial charge in [0, 0.05) is 12.0 Å². The van der Waals surface area contributed by atoms with Gasteiger partial charge in [-0.2, -0.15) is 0 Å². The number of hydrogen-bond acceptors (Lipinski definition) is 6. The number of nitrogens with zero attached hydrogens (tertiary/aromatic N) is 4. The summed E-state index contributed by atoms with van der Waals surface area (Å²) in [5.74, 6) is 6.46. The van der Waals surface area contributed by atoms with Crippen molar-refractivity contribution in [2.45, 2.75) is 110 Å². The van der Waals surface area contributed by atoms with E-state index in [0.29, 0.717) is 29.9 Å². The molecule has 2 aromatic heterocycles. The van der Waals surface area contributed by atoms with Gasteiger partial charge < -0.3 is 13.6 Å². The van der Waals surface area contributed by atoms with E-state index in [0.717, 1.165) is 11.1 Å². The van der Waals surface area contributed by atoms with Crippen LogP contribution in [0.3, 0.4) is 0 Å². The van der Waals surface area contributed by atoms with Crippen molar-refractivity contribution in [3.8, 4) is 11.8 Å². The lowest BCUT2D eigenvalue weighted by Crippen LogP contribution is -2.48. The number of fused-ring (bicyclic) bond motifs is 1. The summed E-state index contributed by atoms with van der Waals surface area (Å²) in [5.41, 5.74) is 4.10. The third kappa shape index (κ3) is 6.42. The average Bonchev–Trinajstić information content (AvgIpc) is 3.45. The van der Waals surface area contributed by atoms with Gasteiger partial charge in [-0.25, -0.2) is 15.0 Å². The molecule has 1 aliphatic rings. The van der Waals surface area contributed by atoms with Gasteiger partial charge in [-0.05, 0) is 60.7 Å². The molecule has 1 aromatic carbocycles. The SMILES string of the molecule is Cc1ccccc1C#Cc1ncnc2c1ncn2[C@H]1C[C@H](O[Si](C)(C)C(C)(C)C)[C@@H](CO[Si](C)(C)C(C)(C)C)O1. The lowest BCUT2D eigenvalue weighted by Gasteiger charge is -2.40. The second kappa shape index (κ2) is 11.1. The number of imidazole rings is 1. The van der Waals surface area contributed by atoms with Crippen molar-refractivity contribution >= 4 is 27.8 Å². The molecule has 216 valence electrons. The highest BCUT2D eigenvalue weighted by atomic mass is 28.4. The van der Waals surface area contributed by atoms with Gasteiger partial charge in [-0.1, -0.05) is 65.7 Å². The van der Waals surface area contributed by atoms with E-state index in [4.69, 9.17) is 13.6 Å². The highest BCUT2D eigenvalue weighted by molar-refractivity contribution is 6.74. The Morgan fingerprint density at radius 1 is 0.950 bits per heavy atom. The Morgan fingerprint density at radius 2 is 1.62 bits per heavy atom. The summed E-state index contributed by atoms with van der Waals surface area (Å²) >= 11 is 0. The summed E-state index contributed by atoms with van der Waals surface area (Å²) in [5, 5.41) is 0.212. The molecule has 0 aliphatic carbocycles. The van der Waals surface area contributed by atoms with Crippen LogP contribution in [0.25, 0.3) is 11.2 Å². The minimum atomic E-state index is -2.04. The Labute approximate surface area is 242 Å².